The van der Waals surface area contributed by atoms with Crippen LogP contribution in [0.25, 0.3) is 44.6 Å². The highest BCUT2D eigenvalue weighted by atomic mass is 19.4. The quantitative estimate of drug-likeness (QED) is 0.163. The number of benzene rings is 2. The molecule has 62 heavy (non-hydrogen) atoms. The Hall–Kier alpha value is -7.85. The summed E-state index contributed by atoms with van der Waals surface area (Å²) in [5.74, 6) is 1.54. The van der Waals surface area contributed by atoms with E-state index >= 15 is 0 Å². The molecule has 2 N–H and O–H groups in total. The number of aliphatic hydroxyl groups is 1. The van der Waals surface area contributed by atoms with Crippen molar-refractivity contribution in [2.45, 2.75) is 65.8 Å². The first-order chi connectivity index (χ1) is 29.5. The third kappa shape index (κ3) is 9.61. The topological polar surface area (TPSA) is 262 Å². The number of halogens is 3. The Morgan fingerprint density at radius 2 is 1.24 bits per heavy atom. The van der Waals surface area contributed by atoms with E-state index in [4.69, 9.17) is 14.4 Å². The fraction of sp³-hybridized carbons (Fsp3) is 0.300. The maximum absolute atomic E-state index is 13.8. The van der Waals surface area contributed by atoms with E-state index in [1.807, 2.05) is 58.9 Å². The van der Waals surface area contributed by atoms with Crippen LogP contribution in [0.4, 0.5) is 13.2 Å². The van der Waals surface area contributed by atoms with Gasteiger partial charge in [-0.15, -0.1) is 10.2 Å². The van der Waals surface area contributed by atoms with E-state index in [1.54, 1.807) is 30.9 Å². The van der Waals surface area contributed by atoms with Crippen LogP contribution in [0.15, 0.2) is 57.6 Å². The highest BCUT2D eigenvalue weighted by Gasteiger charge is 2.35. The predicted molar refractivity (Wildman–Crippen MR) is 211 cm³/mol. The van der Waals surface area contributed by atoms with Gasteiger partial charge in [-0.3, -0.25) is 0 Å². The number of pyridine rings is 2. The van der Waals surface area contributed by atoms with Crippen molar-refractivity contribution in [1.82, 2.24) is 60.2 Å². The fourth-order valence-electron chi connectivity index (χ4n) is 5.63. The molecule has 0 aliphatic heterocycles. The molecule has 6 heterocycles. The van der Waals surface area contributed by atoms with Gasteiger partial charge in [0.25, 0.3) is 11.8 Å². The summed E-state index contributed by atoms with van der Waals surface area (Å²) < 4.78 is 59.3. The van der Waals surface area contributed by atoms with Crippen LogP contribution >= 0.6 is 0 Å². The lowest BCUT2D eigenvalue weighted by atomic mass is 10.1. The largest absolute Gasteiger partial charge is 0.508 e. The van der Waals surface area contributed by atoms with Crippen molar-refractivity contribution in [3.05, 3.63) is 94.5 Å². The van der Waals surface area contributed by atoms with Crippen molar-refractivity contribution in [2.75, 3.05) is 0 Å². The van der Waals surface area contributed by atoms with Crippen LogP contribution in [0.3, 0.4) is 0 Å². The lowest BCUT2D eigenvalue weighted by Crippen LogP contribution is -2.09. The Kier molecular flexibility index (Phi) is 12.8. The molecule has 0 aliphatic rings. The summed E-state index contributed by atoms with van der Waals surface area (Å²) >= 11 is 0. The lowest BCUT2D eigenvalue weighted by molar-refractivity contribution is -0.139. The number of aliphatic hydroxyl groups excluding tert-OH is 1. The maximum Gasteiger partial charge on any atom is 0.419 e. The molecule has 19 nitrogen and oxygen atoms in total. The minimum Gasteiger partial charge on any atom is -0.508 e. The first kappa shape index (κ1) is 43.7. The number of aromatic nitrogens is 12. The van der Waals surface area contributed by atoms with Crippen molar-refractivity contribution < 1.29 is 37.2 Å². The molecular weight excluding hydrogens is 814 g/mol. The van der Waals surface area contributed by atoms with Gasteiger partial charge in [0.15, 0.2) is 29.6 Å². The smallest absolute Gasteiger partial charge is 0.419 e. The molecule has 0 atom stereocenters. The molecule has 0 amide bonds. The zero-order chi connectivity index (χ0) is 44.9. The number of phenolic OH excluding ortho intramolecular Hbond substituents is 1. The van der Waals surface area contributed by atoms with E-state index in [9.17, 15) is 28.8 Å². The van der Waals surface area contributed by atoms with Crippen LogP contribution in [-0.2, 0) is 33.5 Å². The SMILES string of the molecule is CC(C)c1noc(CO)n1.CC(C)c1noc(COc2ccc(-c3cc4c(nnn4C)c(C#N)n3)cc2C(F)(F)F)n1.Cc1cc(-c2cc3c(nnn3C)c(C#N)n2)ccc1O. The van der Waals surface area contributed by atoms with Gasteiger partial charge in [0.2, 0.25) is 0 Å². The Labute approximate surface area is 350 Å². The summed E-state index contributed by atoms with van der Waals surface area (Å²) in [7, 11) is 3.38. The zero-order valence-corrected chi connectivity index (χ0v) is 34.2. The Morgan fingerprint density at radius 1 is 0.742 bits per heavy atom. The lowest BCUT2D eigenvalue weighted by Gasteiger charge is -2.14. The number of hydrogen-bond acceptors (Lipinski definition) is 17. The van der Waals surface area contributed by atoms with Crippen molar-refractivity contribution in [3.8, 4) is 46.2 Å². The summed E-state index contributed by atoms with van der Waals surface area (Å²) in [6.07, 6.45) is -4.69. The summed E-state index contributed by atoms with van der Waals surface area (Å²) in [5, 5.41) is 59.6. The van der Waals surface area contributed by atoms with Gasteiger partial charge in [-0.1, -0.05) is 48.4 Å². The molecule has 0 aliphatic carbocycles. The molecule has 0 bridgehead atoms. The van der Waals surface area contributed by atoms with E-state index in [0.717, 1.165) is 22.7 Å². The van der Waals surface area contributed by atoms with E-state index in [0.29, 0.717) is 28.4 Å². The molecule has 6 aromatic heterocycles. The molecule has 0 spiro atoms. The first-order valence-electron chi connectivity index (χ1n) is 18.6. The van der Waals surface area contributed by atoms with E-state index in [-0.39, 0.29) is 70.7 Å². The third-order valence-corrected chi connectivity index (χ3v) is 8.97. The molecule has 0 saturated carbocycles. The molecule has 318 valence electrons. The van der Waals surface area contributed by atoms with Gasteiger partial charge < -0.3 is 24.0 Å². The number of aromatic hydroxyl groups is 1. The highest BCUT2D eigenvalue weighted by Crippen LogP contribution is 2.39. The number of aryl methyl sites for hydroxylation is 3. The van der Waals surface area contributed by atoms with E-state index in [2.05, 4.69) is 55.4 Å². The standard InChI is InChI=1S/C20H16F3N7O2.C14H11N5O.C6H10N2O2/c1-10(2)19-26-17(32-28-19)9-31-16-5-4-11(6-12(16)20(21,22)23)13-7-15-18(14(8-24)25-13)27-29-30(15)3;1-8-5-9(3-4-13(8)20)10-6-12-14(11(7-15)16-10)17-18-19(12)2;1-4(2)6-7-5(3-9)10-8-6/h4-7,10H,9H2,1-3H3;3-6,20H,1-2H3;4,9H,3H2,1-2H3. The van der Waals surface area contributed by atoms with Crippen LogP contribution in [0.1, 0.15) is 85.5 Å². The second kappa shape index (κ2) is 18.2. The normalized spacial score (nSPS) is 11.3. The number of nitrogens with zero attached hydrogens (tertiary/aromatic N) is 14. The maximum atomic E-state index is 13.8. The molecule has 0 fully saturated rings. The molecular formula is C40H37F3N14O5. The molecule has 0 radical (unpaired) electrons. The van der Waals surface area contributed by atoms with E-state index < -0.39 is 17.5 Å². The van der Waals surface area contributed by atoms with Gasteiger partial charge in [0.05, 0.1) is 28.0 Å². The summed E-state index contributed by atoms with van der Waals surface area (Å²) in [6.45, 7) is 8.97. The summed E-state index contributed by atoms with van der Waals surface area (Å²) in [5.41, 5.74) is 3.78. The number of hydrogen-bond donors (Lipinski definition) is 2. The fourth-order valence-corrected chi connectivity index (χ4v) is 5.63. The minimum atomic E-state index is -4.69. The third-order valence-electron chi connectivity index (χ3n) is 8.97. The highest BCUT2D eigenvalue weighted by molar-refractivity contribution is 5.84. The van der Waals surface area contributed by atoms with Gasteiger partial charge in [-0.25, -0.2) is 19.3 Å². The minimum absolute atomic E-state index is 0.00953. The number of ether oxygens (including phenoxy) is 1. The monoisotopic (exact) mass is 850 g/mol. The second-order valence-electron chi connectivity index (χ2n) is 14.2. The second-order valence-corrected chi connectivity index (χ2v) is 14.2. The van der Waals surface area contributed by atoms with Gasteiger partial charge in [0, 0.05) is 37.1 Å². The molecule has 8 rings (SSSR count). The Bertz CT molecular complexity index is 2960. The predicted octanol–water partition coefficient (Wildman–Crippen LogP) is 6.61. The summed E-state index contributed by atoms with van der Waals surface area (Å²) in [6, 6.07) is 16.1. The van der Waals surface area contributed by atoms with Crippen molar-refractivity contribution in [1.29, 1.82) is 10.5 Å². The molecule has 0 unspecified atom stereocenters. The average molecular weight is 851 g/mol. The van der Waals surface area contributed by atoms with Crippen LogP contribution in [0.5, 0.6) is 11.5 Å². The zero-order valence-electron chi connectivity index (χ0n) is 34.2. The number of nitriles is 2. The van der Waals surface area contributed by atoms with Gasteiger partial charge >= 0.3 is 6.18 Å². The van der Waals surface area contributed by atoms with Gasteiger partial charge in [-0.2, -0.15) is 33.7 Å². The van der Waals surface area contributed by atoms with E-state index in [1.165, 1.54) is 22.9 Å². The number of rotatable bonds is 8. The average Bonchev–Trinajstić information content (AvgIpc) is 4.08. The number of alkyl halides is 3. The molecule has 8 aromatic rings. The van der Waals surface area contributed by atoms with Gasteiger partial charge in [0.1, 0.15) is 41.3 Å². The first-order valence-corrected chi connectivity index (χ1v) is 18.6. The van der Waals surface area contributed by atoms with Crippen LogP contribution in [0.2, 0.25) is 0 Å². The molecule has 22 heteroatoms. The summed E-state index contributed by atoms with van der Waals surface area (Å²) in [4.78, 5) is 16.5. The van der Waals surface area contributed by atoms with Crippen LogP contribution in [0, 0.1) is 29.6 Å². The number of phenols is 1. The van der Waals surface area contributed by atoms with Crippen molar-refractivity contribution in [3.63, 3.8) is 0 Å². The molecule has 0 saturated heterocycles. The van der Waals surface area contributed by atoms with Crippen LogP contribution < -0.4 is 4.74 Å². The van der Waals surface area contributed by atoms with Crippen LogP contribution in [-0.4, -0.2) is 70.5 Å². The number of fused-ring (bicyclic) bond motifs is 2. The molecule has 2 aromatic carbocycles. The van der Waals surface area contributed by atoms with Crippen molar-refractivity contribution in [2.24, 2.45) is 14.1 Å². The van der Waals surface area contributed by atoms with Crippen molar-refractivity contribution >= 4 is 22.1 Å². The Balaban J connectivity index is 0.000000180. The van der Waals surface area contributed by atoms with Gasteiger partial charge in [-0.05, 0) is 61.0 Å². The Morgan fingerprint density at radius 3 is 1.69 bits per heavy atom.